The van der Waals surface area contributed by atoms with Gasteiger partial charge in [0.05, 0.1) is 5.02 Å². The van der Waals surface area contributed by atoms with Crippen molar-refractivity contribution in [2.75, 3.05) is 11.9 Å². The molecule has 0 bridgehead atoms. The van der Waals surface area contributed by atoms with Gasteiger partial charge in [0.15, 0.2) is 0 Å². The molecule has 0 unspecified atom stereocenters. The van der Waals surface area contributed by atoms with Gasteiger partial charge in [-0.05, 0) is 47.9 Å². The van der Waals surface area contributed by atoms with E-state index in [4.69, 9.17) is 11.6 Å². The number of para-hydroxylation sites is 1. The minimum absolute atomic E-state index is 0.0866. The molecule has 1 fully saturated rings. The predicted octanol–water partition coefficient (Wildman–Crippen LogP) is 3.91. The standard InChI is InChI=1S/C22H20ClF3N6O3/c23-17-11-14(8-9-15(17)16-5-1-2-7-19(16)35-22(24,25)26)28-21(34)18-6-3-4-10-32(18)20(33)12-31-13-27-29-30-31/h1-2,5,7-9,11,13,18H,3-4,6,10,12H2,(H,28,34)/t18-/m1/s1. The third-order valence-electron chi connectivity index (χ3n) is 5.45. The Morgan fingerprint density at radius 3 is 2.66 bits per heavy atom. The second-order valence-electron chi connectivity index (χ2n) is 7.83. The fraction of sp³-hybridized carbons (Fsp3) is 0.318. The van der Waals surface area contributed by atoms with Gasteiger partial charge < -0.3 is 15.0 Å². The molecule has 0 aliphatic carbocycles. The lowest BCUT2D eigenvalue weighted by molar-refractivity contribution is -0.274. The SMILES string of the molecule is O=C(Nc1ccc(-c2ccccc2OC(F)(F)F)c(Cl)c1)[C@H]1CCCCN1C(=O)Cn1cnnn1. The van der Waals surface area contributed by atoms with Crippen LogP contribution in [0.15, 0.2) is 48.8 Å². The summed E-state index contributed by atoms with van der Waals surface area (Å²) >= 11 is 6.36. The van der Waals surface area contributed by atoms with Crippen LogP contribution in [0.1, 0.15) is 19.3 Å². The first-order valence-corrected chi connectivity index (χ1v) is 11.0. The van der Waals surface area contributed by atoms with Crippen molar-refractivity contribution in [3.8, 4) is 16.9 Å². The molecule has 1 saturated heterocycles. The Morgan fingerprint density at radius 1 is 1.14 bits per heavy atom. The molecule has 1 atom stereocenters. The van der Waals surface area contributed by atoms with Gasteiger partial charge in [0.25, 0.3) is 0 Å². The monoisotopic (exact) mass is 508 g/mol. The molecular weight excluding hydrogens is 489 g/mol. The average Bonchev–Trinajstić information content (AvgIpc) is 3.32. The fourth-order valence-electron chi connectivity index (χ4n) is 3.92. The average molecular weight is 509 g/mol. The van der Waals surface area contributed by atoms with Crippen LogP contribution < -0.4 is 10.1 Å². The van der Waals surface area contributed by atoms with E-state index in [1.165, 1.54) is 52.3 Å². The summed E-state index contributed by atoms with van der Waals surface area (Å²) in [5.74, 6) is -1.07. The maximum absolute atomic E-state index is 13.0. The number of amides is 2. The Bertz CT molecular complexity index is 1210. The van der Waals surface area contributed by atoms with E-state index in [0.717, 1.165) is 12.8 Å². The summed E-state index contributed by atoms with van der Waals surface area (Å²) in [5.41, 5.74) is 0.802. The van der Waals surface area contributed by atoms with Crippen molar-refractivity contribution in [1.82, 2.24) is 25.1 Å². The second kappa shape index (κ2) is 10.3. The largest absolute Gasteiger partial charge is 0.573 e. The molecule has 9 nitrogen and oxygen atoms in total. The summed E-state index contributed by atoms with van der Waals surface area (Å²) in [7, 11) is 0. The minimum atomic E-state index is -4.86. The number of carbonyl (C=O) groups is 2. The van der Waals surface area contributed by atoms with Crippen molar-refractivity contribution in [2.24, 2.45) is 0 Å². The molecule has 2 heterocycles. The number of tetrazole rings is 1. The van der Waals surface area contributed by atoms with Crippen molar-refractivity contribution >= 4 is 29.1 Å². The van der Waals surface area contributed by atoms with E-state index in [0.29, 0.717) is 24.2 Å². The molecule has 1 aliphatic heterocycles. The van der Waals surface area contributed by atoms with Crippen LogP contribution in [0.5, 0.6) is 5.75 Å². The van der Waals surface area contributed by atoms with Crippen LogP contribution in [0.25, 0.3) is 11.1 Å². The smallest absolute Gasteiger partial charge is 0.405 e. The Kier molecular flexibility index (Phi) is 7.20. The Hall–Kier alpha value is -3.67. The van der Waals surface area contributed by atoms with Gasteiger partial charge in [-0.3, -0.25) is 9.59 Å². The lowest BCUT2D eigenvalue weighted by Crippen LogP contribution is -2.51. The lowest BCUT2D eigenvalue weighted by Gasteiger charge is -2.34. The normalized spacial score (nSPS) is 16.1. The number of likely N-dealkylation sites (tertiary alicyclic amines) is 1. The summed E-state index contributed by atoms with van der Waals surface area (Å²) in [5, 5.41) is 13.5. The van der Waals surface area contributed by atoms with E-state index in [1.807, 2.05) is 0 Å². The summed E-state index contributed by atoms with van der Waals surface area (Å²) in [6, 6.07) is 9.41. The number of nitrogens with zero attached hydrogens (tertiary/aromatic N) is 5. The first kappa shape index (κ1) is 24.5. The van der Waals surface area contributed by atoms with Crippen molar-refractivity contribution in [1.29, 1.82) is 0 Å². The number of anilines is 1. The van der Waals surface area contributed by atoms with Crippen LogP contribution in [0.2, 0.25) is 5.02 Å². The third kappa shape index (κ3) is 6.07. The maximum Gasteiger partial charge on any atom is 0.573 e. The molecule has 2 aromatic carbocycles. The maximum atomic E-state index is 13.0. The highest BCUT2D eigenvalue weighted by Crippen LogP contribution is 2.38. The van der Waals surface area contributed by atoms with Gasteiger partial charge in [-0.25, -0.2) is 4.68 Å². The van der Waals surface area contributed by atoms with E-state index >= 15 is 0 Å². The van der Waals surface area contributed by atoms with Gasteiger partial charge >= 0.3 is 6.36 Å². The first-order chi connectivity index (χ1) is 16.7. The van der Waals surface area contributed by atoms with E-state index in [9.17, 15) is 22.8 Å². The molecule has 3 aromatic rings. The van der Waals surface area contributed by atoms with Gasteiger partial charge in [-0.15, -0.1) is 18.3 Å². The summed E-state index contributed by atoms with van der Waals surface area (Å²) in [6.07, 6.45) is -1.50. The zero-order valence-corrected chi connectivity index (χ0v) is 19.0. The quantitative estimate of drug-likeness (QED) is 0.541. The number of carbonyl (C=O) groups excluding carboxylic acids is 2. The number of piperidine rings is 1. The van der Waals surface area contributed by atoms with Gasteiger partial charge in [0.2, 0.25) is 11.8 Å². The van der Waals surface area contributed by atoms with Gasteiger partial charge in [-0.2, -0.15) is 0 Å². The number of halogens is 4. The van der Waals surface area contributed by atoms with E-state index in [1.54, 1.807) is 6.07 Å². The van der Waals surface area contributed by atoms with E-state index in [2.05, 4.69) is 25.6 Å². The zero-order chi connectivity index (χ0) is 25.0. The number of alkyl halides is 3. The van der Waals surface area contributed by atoms with E-state index in [-0.39, 0.29) is 28.9 Å². The highest BCUT2D eigenvalue weighted by Gasteiger charge is 2.33. The number of benzene rings is 2. The van der Waals surface area contributed by atoms with Gasteiger partial charge in [-0.1, -0.05) is 35.9 Å². The molecule has 4 rings (SSSR count). The van der Waals surface area contributed by atoms with Crippen molar-refractivity contribution < 1.29 is 27.5 Å². The third-order valence-corrected chi connectivity index (χ3v) is 5.77. The van der Waals surface area contributed by atoms with Crippen LogP contribution in [0.3, 0.4) is 0 Å². The fourth-order valence-corrected chi connectivity index (χ4v) is 4.21. The predicted molar refractivity (Wildman–Crippen MR) is 119 cm³/mol. The molecule has 0 spiro atoms. The number of nitrogens with one attached hydrogen (secondary N) is 1. The number of ether oxygens (including phenoxy) is 1. The topological polar surface area (TPSA) is 102 Å². The lowest BCUT2D eigenvalue weighted by atomic mass is 10.0. The van der Waals surface area contributed by atoms with Crippen molar-refractivity contribution in [3.05, 3.63) is 53.8 Å². The van der Waals surface area contributed by atoms with Gasteiger partial charge in [0, 0.05) is 23.4 Å². The summed E-state index contributed by atoms with van der Waals surface area (Å²) in [4.78, 5) is 27.3. The van der Waals surface area contributed by atoms with Gasteiger partial charge in [0.1, 0.15) is 24.7 Å². The number of rotatable bonds is 6. The van der Waals surface area contributed by atoms with Crippen LogP contribution >= 0.6 is 11.6 Å². The van der Waals surface area contributed by atoms with Crippen LogP contribution in [-0.4, -0.2) is 55.9 Å². The Labute approximate surface area is 202 Å². The molecule has 35 heavy (non-hydrogen) atoms. The Balaban J connectivity index is 1.49. The minimum Gasteiger partial charge on any atom is -0.405 e. The molecule has 13 heteroatoms. The molecule has 2 amide bonds. The Morgan fingerprint density at radius 2 is 1.94 bits per heavy atom. The second-order valence-corrected chi connectivity index (χ2v) is 8.24. The molecular formula is C22H20ClF3N6O3. The van der Waals surface area contributed by atoms with Crippen LogP contribution in [0, 0.1) is 0 Å². The molecule has 184 valence electrons. The van der Waals surface area contributed by atoms with Crippen LogP contribution in [0.4, 0.5) is 18.9 Å². The summed E-state index contributed by atoms with van der Waals surface area (Å²) < 4.78 is 43.7. The number of aromatic nitrogens is 4. The number of hydrogen-bond donors (Lipinski definition) is 1. The molecule has 1 aromatic heterocycles. The molecule has 1 N–H and O–H groups in total. The highest BCUT2D eigenvalue weighted by atomic mass is 35.5. The van der Waals surface area contributed by atoms with Crippen molar-refractivity contribution in [2.45, 2.75) is 38.2 Å². The molecule has 1 aliphatic rings. The number of hydrogen-bond acceptors (Lipinski definition) is 6. The zero-order valence-electron chi connectivity index (χ0n) is 18.2. The highest BCUT2D eigenvalue weighted by molar-refractivity contribution is 6.33. The van der Waals surface area contributed by atoms with Crippen molar-refractivity contribution in [3.63, 3.8) is 0 Å². The molecule has 0 radical (unpaired) electrons. The first-order valence-electron chi connectivity index (χ1n) is 10.7. The van der Waals surface area contributed by atoms with E-state index < -0.39 is 18.2 Å². The van der Waals surface area contributed by atoms with Crippen LogP contribution in [-0.2, 0) is 16.1 Å². The summed E-state index contributed by atoms with van der Waals surface area (Å²) in [6.45, 7) is 0.339. The molecule has 0 saturated carbocycles.